The van der Waals surface area contributed by atoms with Gasteiger partial charge in [0.25, 0.3) is 0 Å². The molecule has 0 bridgehead atoms. The molecule has 1 amide bonds. The van der Waals surface area contributed by atoms with Crippen molar-refractivity contribution in [3.8, 4) is 5.75 Å². The number of allylic oxidation sites excluding steroid dienone is 1. The summed E-state index contributed by atoms with van der Waals surface area (Å²) in [5.74, 6) is 0.442. The van der Waals surface area contributed by atoms with Gasteiger partial charge in [0.1, 0.15) is 5.75 Å². The molecule has 1 aliphatic rings. The molecule has 160 valence electrons. The summed E-state index contributed by atoms with van der Waals surface area (Å²) >= 11 is 0. The zero-order valence-electron chi connectivity index (χ0n) is 17.6. The predicted molar refractivity (Wildman–Crippen MR) is 121 cm³/mol. The lowest BCUT2D eigenvalue weighted by Gasteiger charge is -2.21. The van der Waals surface area contributed by atoms with E-state index in [0.29, 0.717) is 17.0 Å². The molecule has 0 radical (unpaired) electrons. The van der Waals surface area contributed by atoms with Gasteiger partial charge < -0.3 is 10.1 Å². The highest BCUT2D eigenvalue weighted by Crippen LogP contribution is 2.27. The molecule has 0 aliphatic heterocycles. The average molecular weight is 428 g/mol. The van der Waals surface area contributed by atoms with Crippen LogP contribution in [0.5, 0.6) is 5.75 Å². The van der Waals surface area contributed by atoms with Gasteiger partial charge in [-0.05, 0) is 49.1 Å². The Bertz CT molecular complexity index is 1020. The molecule has 6 heteroatoms. The summed E-state index contributed by atoms with van der Waals surface area (Å²) in [6.45, 7) is 1.85. The van der Waals surface area contributed by atoms with E-state index in [1.807, 2.05) is 31.2 Å². The monoisotopic (exact) mass is 427 g/mol. The minimum absolute atomic E-state index is 0.0114. The van der Waals surface area contributed by atoms with Crippen molar-refractivity contribution in [1.82, 2.24) is 0 Å². The van der Waals surface area contributed by atoms with Crippen LogP contribution < -0.4 is 10.1 Å². The normalized spacial score (nSPS) is 15.6. The van der Waals surface area contributed by atoms with Crippen LogP contribution >= 0.6 is 0 Å². The lowest BCUT2D eigenvalue weighted by Crippen LogP contribution is -2.25. The fraction of sp³-hybridized carbons (Fsp3) is 0.375. The maximum absolute atomic E-state index is 12.7. The van der Waals surface area contributed by atoms with Crippen molar-refractivity contribution in [3.63, 3.8) is 0 Å². The Kier molecular flexibility index (Phi) is 7.32. The fourth-order valence-electron chi connectivity index (χ4n) is 3.94. The highest BCUT2D eigenvalue weighted by molar-refractivity contribution is 7.91. The van der Waals surface area contributed by atoms with Crippen LogP contribution in [-0.4, -0.2) is 26.7 Å². The van der Waals surface area contributed by atoms with E-state index < -0.39 is 9.84 Å². The standard InChI is InChI=1S/C24H29NO4S/c1-18(22-13-6-7-14-23(22)29-2)15-24(26)25-20-10-8-9-19(16-20)17-30(27,28)21-11-4-3-5-12-21/h6-10,13-16,21H,3-5,11-12,17H2,1-2H3,(H,25,26). The zero-order chi connectivity index (χ0) is 21.6. The average Bonchev–Trinajstić information content (AvgIpc) is 2.74. The molecule has 0 aromatic heterocycles. The van der Waals surface area contributed by atoms with Crippen LogP contribution in [0.15, 0.2) is 54.6 Å². The summed E-state index contributed by atoms with van der Waals surface area (Å²) in [5.41, 5.74) is 2.91. The van der Waals surface area contributed by atoms with Crippen molar-refractivity contribution in [1.29, 1.82) is 0 Å². The summed E-state index contributed by atoms with van der Waals surface area (Å²) in [6, 6.07) is 14.6. The van der Waals surface area contributed by atoms with Gasteiger partial charge in [0.15, 0.2) is 9.84 Å². The molecule has 30 heavy (non-hydrogen) atoms. The van der Waals surface area contributed by atoms with Crippen LogP contribution in [0, 0.1) is 0 Å². The van der Waals surface area contributed by atoms with Gasteiger partial charge in [0.05, 0.1) is 18.1 Å². The lowest BCUT2D eigenvalue weighted by atomic mass is 10.0. The first-order valence-electron chi connectivity index (χ1n) is 10.3. The minimum atomic E-state index is -3.18. The van der Waals surface area contributed by atoms with Gasteiger partial charge in [0.2, 0.25) is 5.91 Å². The number of benzene rings is 2. The maximum Gasteiger partial charge on any atom is 0.248 e. The maximum atomic E-state index is 12.7. The number of carbonyl (C=O) groups excluding carboxylic acids is 1. The van der Waals surface area contributed by atoms with Gasteiger partial charge in [-0.3, -0.25) is 4.79 Å². The molecular formula is C24H29NO4S. The number of para-hydroxylation sites is 1. The van der Waals surface area contributed by atoms with Crippen LogP contribution in [0.1, 0.15) is 50.2 Å². The van der Waals surface area contributed by atoms with E-state index in [4.69, 9.17) is 4.74 Å². The van der Waals surface area contributed by atoms with E-state index in [1.54, 1.807) is 31.4 Å². The predicted octanol–water partition coefficient (Wildman–Crippen LogP) is 4.98. The number of hydrogen-bond acceptors (Lipinski definition) is 4. The van der Waals surface area contributed by atoms with Gasteiger partial charge in [-0.2, -0.15) is 0 Å². The molecule has 2 aromatic rings. The highest BCUT2D eigenvalue weighted by atomic mass is 32.2. The van der Waals surface area contributed by atoms with Gasteiger partial charge in [-0.1, -0.05) is 49.6 Å². The molecule has 0 heterocycles. The summed E-state index contributed by atoms with van der Waals surface area (Å²) in [5, 5.41) is 2.59. The number of carbonyl (C=O) groups is 1. The first kappa shape index (κ1) is 22.1. The van der Waals surface area contributed by atoms with Gasteiger partial charge in [-0.15, -0.1) is 0 Å². The summed E-state index contributed by atoms with van der Waals surface area (Å²) in [6.07, 6.45) is 6.12. The molecule has 0 atom stereocenters. The summed E-state index contributed by atoms with van der Waals surface area (Å²) in [4.78, 5) is 12.5. The molecule has 2 aromatic carbocycles. The Balaban J connectivity index is 1.69. The summed E-state index contributed by atoms with van der Waals surface area (Å²) in [7, 11) is -1.59. The van der Waals surface area contributed by atoms with E-state index in [1.165, 1.54) is 6.08 Å². The Hall–Kier alpha value is -2.60. The van der Waals surface area contributed by atoms with Crippen LogP contribution in [0.2, 0.25) is 0 Å². The quantitative estimate of drug-likeness (QED) is 0.632. The van der Waals surface area contributed by atoms with Crippen LogP contribution in [0.4, 0.5) is 5.69 Å². The summed E-state index contributed by atoms with van der Waals surface area (Å²) < 4.78 is 30.8. The van der Waals surface area contributed by atoms with Gasteiger partial charge in [0, 0.05) is 17.3 Å². The van der Waals surface area contributed by atoms with Crippen molar-refractivity contribution in [2.75, 3.05) is 12.4 Å². The number of sulfone groups is 1. The Morgan fingerprint density at radius 1 is 1.10 bits per heavy atom. The molecule has 1 aliphatic carbocycles. The topological polar surface area (TPSA) is 72.5 Å². The second-order valence-corrected chi connectivity index (χ2v) is 10.1. The van der Waals surface area contributed by atoms with Crippen molar-refractivity contribution >= 4 is 27.0 Å². The third-order valence-electron chi connectivity index (χ3n) is 5.50. The number of hydrogen-bond donors (Lipinski definition) is 1. The van der Waals surface area contributed by atoms with E-state index in [9.17, 15) is 13.2 Å². The largest absolute Gasteiger partial charge is 0.496 e. The molecule has 3 rings (SSSR count). The molecular weight excluding hydrogens is 398 g/mol. The van der Waals surface area contributed by atoms with Crippen molar-refractivity contribution in [3.05, 3.63) is 65.7 Å². The zero-order valence-corrected chi connectivity index (χ0v) is 18.4. The third-order valence-corrected chi connectivity index (χ3v) is 7.72. The van der Waals surface area contributed by atoms with E-state index >= 15 is 0 Å². The second kappa shape index (κ2) is 9.94. The Morgan fingerprint density at radius 3 is 2.57 bits per heavy atom. The number of amides is 1. The van der Waals surface area contributed by atoms with Gasteiger partial charge in [-0.25, -0.2) is 8.42 Å². The molecule has 1 fully saturated rings. The second-order valence-electron chi connectivity index (χ2n) is 7.78. The SMILES string of the molecule is COc1ccccc1C(C)=CC(=O)Nc1cccc(CS(=O)(=O)C2CCCCC2)c1. The Morgan fingerprint density at radius 2 is 1.83 bits per heavy atom. The van der Waals surface area contributed by atoms with Crippen molar-refractivity contribution < 1.29 is 17.9 Å². The van der Waals surface area contributed by atoms with Crippen LogP contribution in [0.25, 0.3) is 5.57 Å². The number of rotatable bonds is 7. The number of ether oxygens (including phenoxy) is 1. The molecule has 1 N–H and O–H groups in total. The van der Waals surface area contributed by atoms with Crippen LogP contribution in [-0.2, 0) is 20.4 Å². The highest BCUT2D eigenvalue weighted by Gasteiger charge is 2.27. The van der Waals surface area contributed by atoms with Crippen LogP contribution in [0.3, 0.4) is 0 Å². The number of anilines is 1. The van der Waals surface area contributed by atoms with E-state index in [0.717, 1.165) is 43.2 Å². The Labute approximate surface area is 179 Å². The van der Waals surface area contributed by atoms with Crippen molar-refractivity contribution in [2.45, 2.75) is 50.0 Å². The molecule has 5 nitrogen and oxygen atoms in total. The minimum Gasteiger partial charge on any atom is -0.496 e. The first-order chi connectivity index (χ1) is 14.4. The first-order valence-corrected chi connectivity index (χ1v) is 12.0. The number of nitrogens with one attached hydrogen (secondary N) is 1. The molecule has 0 saturated heterocycles. The van der Waals surface area contributed by atoms with Crippen molar-refractivity contribution in [2.24, 2.45) is 0 Å². The lowest BCUT2D eigenvalue weighted by molar-refractivity contribution is -0.111. The molecule has 1 saturated carbocycles. The van der Waals surface area contributed by atoms with Gasteiger partial charge >= 0.3 is 0 Å². The van der Waals surface area contributed by atoms with E-state index in [-0.39, 0.29) is 16.9 Å². The van der Waals surface area contributed by atoms with E-state index in [2.05, 4.69) is 5.32 Å². The smallest absolute Gasteiger partial charge is 0.248 e. The molecule has 0 spiro atoms. The fourth-order valence-corrected chi connectivity index (χ4v) is 5.87. The number of methoxy groups -OCH3 is 1. The molecule has 0 unspecified atom stereocenters. The third kappa shape index (κ3) is 5.72.